The molecule has 0 radical (unpaired) electrons. The molecule has 0 atom stereocenters. The molecule has 0 unspecified atom stereocenters. The fourth-order valence-electron chi connectivity index (χ4n) is 1.29. The first-order valence-electron chi connectivity index (χ1n) is 5.85. The number of benzene rings is 1. The lowest BCUT2D eigenvalue weighted by Gasteiger charge is -2.20. The van der Waals surface area contributed by atoms with Gasteiger partial charge in [0.05, 0.1) is 7.11 Å². The minimum absolute atomic E-state index is 0.254. The van der Waals surface area contributed by atoms with Gasteiger partial charge in [0, 0.05) is 0 Å². The Morgan fingerprint density at radius 1 is 1.16 bits per heavy atom. The molecule has 5 nitrogen and oxygen atoms in total. The molecule has 0 fully saturated rings. The lowest BCUT2D eigenvalue weighted by molar-refractivity contribution is -0.142. The zero-order chi connectivity index (χ0) is 14.5. The van der Waals surface area contributed by atoms with Crippen LogP contribution in [0.25, 0.3) is 0 Å². The molecule has 1 rings (SSSR count). The monoisotopic (exact) mass is 266 g/mol. The largest absolute Gasteiger partial charge is 0.481 e. The molecule has 0 amide bonds. The van der Waals surface area contributed by atoms with E-state index in [4.69, 9.17) is 9.47 Å². The molecule has 19 heavy (non-hydrogen) atoms. The molecule has 0 saturated carbocycles. The molecule has 0 heterocycles. The molecule has 5 heteroatoms. The van der Waals surface area contributed by atoms with Gasteiger partial charge in [-0.3, -0.25) is 0 Å². The first-order chi connectivity index (χ1) is 8.83. The Morgan fingerprint density at radius 2 is 1.79 bits per heavy atom. The van der Waals surface area contributed by atoms with E-state index < -0.39 is 17.5 Å². The summed E-state index contributed by atoms with van der Waals surface area (Å²) in [5.74, 6) is -0.714. The summed E-state index contributed by atoms with van der Waals surface area (Å²) in [5, 5.41) is 0. The van der Waals surface area contributed by atoms with Crippen LogP contribution in [0.2, 0.25) is 0 Å². The summed E-state index contributed by atoms with van der Waals surface area (Å²) in [6.45, 7) is 5.09. The van der Waals surface area contributed by atoms with Crippen LogP contribution in [0.5, 0.6) is 5.75 Å². The van der Waals surface area contributed by atoms with Crippen LogP contribution in [-0.4, -0.2) is 31.3 Å². The topological polar surface area (TPSA) is 61.8 Å². The van der Waals surface area contributed by atoms with Crippen molar-refractivity contribution in [2.45, 2.75) is 26.4 Å². The average Bonchev–Trinajstić information content (AvgIpc) is 2.34. The second kappa shape index (κ2) is 6.22. The molecule has 1 aromatic rings. The summed E-state index contributed by atoms with van der Waals surface area (Å²) in [6, 6.07) is 6.59. The van der Waals surface area contributed by atoms with Gasteiger partial charge >= 0.3 is 11.9 Å². The smallest absolute Gasteiger partial charge is 0.343 e. The van der Waals surface area contributed by atoms with E-state index in [1.54, 1.807) is 45.0 Å². The van der Waals surface area contributed by atoms with Gasteiger partial charge in [-0.2, -0.15) is 0 Å². The molecular weight excluding hydrogens is 248 g/mol. The van der Waals surface area contributed by atoms with Gasteiger partial charge in [0.25, 0.3) is 0 Å². The van der Waals surface area contributed by atoms with Gasteiger partial charge in [-0.15, -0.1) is 0 Å². The normalized spacial score (nSPS) is 10.7. The summed E-state index contributed by atoms with van der Waals surface area (Å²) in [6.07, 6.45) is 0. The van der Waals surface area contributed by atoms with Gasteiger partial charge < -0.3 is 14.2 Å². The van der Waals surface area contributed by atoms with Crippen molar-refractivity contribution in [1.82, 2.24) is 0 Å². The van der Waals surface area contributed by atoms with Crippen LogP contribution in [0.1, 0.15) is 31.1 Å². The van der Waals surface area contributed by atoms with Crippen molar-refractivity contribution in [1.29, 1.82) is 0 Å². The highest BCUT2D eigenvalue weighted by Crippen LogP contribution is 2.21. The van der Waals surface area contributed by atoms with Crippen molar-refractivity contribution in [2.75, 3.05) is 13.7 Å². The molecular formula is C14H18O5. The molecule has 0 bridgehead atoms. The van der Waals surface area contributed by atoms with Crippen molar-refractivity contribution in [3.63, 3.8) is 0 Å². The molecule has 0 aliphatic carbocycles. The second-order valence-electron chi connectivity index (χ2n) is 4.86. The number of para-hydroxylation sites is 1. The Bertz CT molecular complexity index is 459. The number of methoxy groups -OCH3 is 1. The third-order valence-corrected chi connectivity index (χ3v) is 2.08. The van der Waals surface area contributed by atoms with Crippen LogP contribution in [0, 0.1) is 0 Å². The Kier molecular flexibility index (Phi) is 4.92. The maximum absolute atomic E-state index is 12.0. The Hall–Kier alpha value is -2.04. The van der Waals surface area contributed by atoms with Crippen LogP contribution in [0.4, 0.5) is 0 Å². The number of hydrogen-bond acceptors (Lipinski definition) is 5. The predicted molar refractivity (Wildman–Crippen MR) is 69.1 cm³/mol. The van der Waals surface area contributed by atoms with Crippen LogP contribution >= 0.6 is 0 Å². The summed E-state index contributed by atoms with van der Waals surface area (Å²) in [4.78, 5) is 23.0. The Morgan fingerprint density at radius 3 is 2.37 bits per heavy atom. The highest BCUT2D eigenvalue weighted by Gasteiger charge is 2.21. The Balaban J connectivity index is 2.83. The summed E-state index contributed by atoms with van der Waals surface area (Å²) >= 11 is 0. The van der Waals surface area contributed by atoms with Crippen LogP contribution in [0.3, 0.4) is 0 Å². The minimum Gasteiger partial charge on any atom is -0.481 e. The number of carbonyl (C=O) groups is 2. The number of carbonyl (C=O) groups excluding carboxylic acids is 2. The number of rotatable bonds is 4. The van der Waals surface area contributed by atoms with Crippen LogP contribution < -0.4 is 4.74 Å². The second-order valence-corrected chi connectivity index (χ2v) is 4.86. The molecule has 0 saturated heterocycles. The summed E-state index contributed by atoms with van der Waals surface area (Å²) in [7, 11) is 1.27. The number of ether oxygens (including phenoxy) is 3. The van der Waals surface area contributed by atoms with Gasteiger partial charge in [-0.25, -0.2) is 9.59 Å². The molecule has 0 aliphatic heterocycles. The van der Waals surface area contributed by atoms with E-state index in [-0.39, 0.29) is 12.2 Å². The first kappa shape index (κ1) is 15.0. The highest BCUT2D eigenvalue weighted by atomic mass is 16.6. The molecule has 0 aromatic heterocycles. The van der Waals surface area contributed by atoms with Crippen molar-refractivity contribution in [3.05, 3.63) is 29.8 Å². The molecule has 104 valence electrons. The van der Waals surface area contributed by atoms with E-state index >= 15 is 0 Å². The van der Waals surface area contributed by atoms with Crippen LogP contribution in [-0.2, 0) is 14.3 Å². The third kappa shape index (κ3) is 4.99. The van der Waals surface area contributed by atoms with Crippen molar-refractivity contribution in [3.8, 4) is 5.75 Å². The highest BCUT2D eigenvalue weighted by molar-refractivity contribution is 5.92. The zero-order valence-electron chi connectivity index (χ0n) is 11.6. The van der Waals surface area contributed by atoms with Crippen molar-refractivity contribution in [2.24, 2.45) is 0 Å². The third-order valence-electron chi connectivity index (χ3n) is 2.08. The molecule has 0 N–H and O–H groups in total. The fourth-order valence-corrected chi connectivity index (χ4v) is 1.29. The van der Waals surface area contributed by atoms with E-state index in [2.05, 4.69) is 4.74 Å². The van der Waals surface area contributed by atoms with E-state index in [0.717, 1.165) is 0 Å². The molecule has 1 aromatic carbocycles. The predicted octanol–water partition coefficient (Wildman–Crippen LogP) is 2.19. The number of hydrogen-bond donors (Lipinski definition) is 0. The zero-order valence-corrected chi connectivity index (χ0v) is 11.6. The van der Waals surface area contributed by atoms with Crippen molar-refractivity contribution < 1.29 is 23.8 Å². The van der Waals surface area contributed by atoms with Gasteiger partial charge in [0.2, 0.25) is 0 Å². The minimum atomic E-state index is -0.591. The maximum atomic E-state index is 12.0. The van der Waals surface area contributed by atoms with E-state index in [1.165, 1.54) is 7.11 Å². The average molecular weight is 266 g/mol. The summed E-state index contributed by atoms with van der Waals surface area (Å²) < 4.78 is 15.0. The number of esters is 2. The maximum Gasteiger partial charge on any atom is 0.343 e. The summed E-state index contributed by atoms with van der Waals surface area (Å²) in [5.41, 5.74) is -0.312. The van der Waals surface area contributed by atoms with E-state index in [9.17, 15) is 9.59 Å². The van der Waals surface area contributed by atoms with Crippen LogP contribution in [0.15, 0.2) is 24.3 Å². The van der Waals surface area contributed by atoms with Gasteiger partial charge in [-0.1, -0.05) is 12.1 Å². The molecule has 0 aliphatic rings. The molecule has 0 spiro atoms. The van der Waals surface area contributed by atoms with Gasteiger partial charge in [-0.05, 0) is 32.9 Å². The van der Waals surface area contributed by atoms with Gasteiger partial charge in [0.15, 0.2) is 6.61 Å². The van der Waals surface area contributed by atoms with E-state index in [1.807, 2.05) is 0 Å². The lowest BCUT2D eigenvalue weighted by atomic mass is 10.1. The Labute approximate surface area is 112 Å². The van der Waals surface area contributed by atoms with Gasteiger partial charge in [0.1, 0.15) is 16.9 Å². The fraction of sp³-hybridized carbons (Fsp3) is 0.429. The quantitative estimate of drug-likeness (QED) is 0.782. The lowest BCUT2D eigenvalue weighted by Crippen LogP contribution is -2.24. The standard InChI is InChI=1S/C14H18O5/c1-14(2,3)19-13(16)10-7-5-6-8-11(10)18-9-12(15)17-4/h5-8H,9H2,1-4H3. The van der Waals surface area contributed by atoms with Crippen molar-refractivity contribution >= 4 is 11.9 Å². The van der Waals surface area contributed by atoms with E-state index in [0.29, 0.717) is 5.75 Å². The first-order valence-corrected chi connectivity index (χ1v) is 5.85. The SMILES string of the molecule is COC(=O)COc1ccccc1C(=O)OC(C)(C)C.